The van der Waals surface area contributed by atoms with Crippen LogP contribution in [0.4, 0.5) is 22.7 Å². The van der Waals surface area contributed by atoms with Gasteiger partial charge in [0.1, 0.15) is 11.8 Å². The summed E-state index contributed by atoms with van der Waals surface area (Å²) in [6.45, 7) is 0. The Hall–Kier alpha value is -3.62. The lowest BCUT2D eigenvalue weighted by Gasteiger charge is -2.26. The second-order valence-electron chi connectivity index (χ2n) is 5.63. The van der Waals surface area contributed by atoms with Gasteiger partial charge < -0.3 is 20.7 Å². The van der Waals surface area contributed by atoms with Gasteiger partial charge in [-0.2, -0.15) is 0 Å². The molecule has 3 N–H and O–H groups in total. The van der Waals surface area contributed by atoms with Crippen LogP contribution in [-0.2, 0) is 9.59 Å². The van der Waals surface area contributed by atoms with Crippen molar-refractivity contribution < 1.29 is 19.2 Å². The van der Waals surface area contributed by atoms with E-state index in [9.17, 15) is 19.7 Å². The fourth-order valence-corrected chi connectivity index (χ4v) is 2.62. The van der Waals surface area contributed by atoms with Crippen molar-refractivity contribution in [2.45, 2.75) is 12.5 Å². The van der Waals surface area contributed by atoms with Gasteiger partial charge in [0.15, 0.2) is 0 Å². The smallest absolute Gasteiger partial charge is 0.273 e. The molecule has 1 aliphatic rings. The van der Waals surface area contributed by atoms with Crippen molar-refractivity contribution in [3.63, 3.8) is 0 Å². The zero-order valence-corrected chi connectivity index (χ0v) is 13.8. The number of anilines is 3. The average molecular weight is 356 g/mol. The van der Waals surface area contributed by atoms with E-state index in [0.29, 0.717) is 11.4 Å². The zero-order valence-electron chi connectivity index (χ0n) is 13.8. The topological polar surface area (TPSA) is 123 Å². The van der Waals surface area contributed by atoms with Gasteiger partial charge in [-0.05, 0) is 18.2 Å². The number of non-ortho nitro benzene ring substituents is 1. The lowest BCUT2D eigenvalue weighted by atomic mass is 10.1. The van der Waals surface area contributed by atoms with Gasteiger partial charge in [-0.25, -0.2) is 0 Å². The normalized spacial score (nSPS) is 15.3. The van der Waals surface area contributed by atoms with Crippen LogP contribution in [0.5, 0.6) is 5.75 Å². The summed E-state index contributed by atoms with van der Waals surface area (Å²) in [4.78, 5) is 34.7. The number of rotatable bonds is 5. The van der Waals surface area contributed by atoms with Gasteiger partial charge in [-0.15, -0.1) is 0 Å². The number of nitrogens with zero attached hydrogens (tertiary/aromatic N) is 1. The molecule has 9 nitrogen and oxygen atoms in total. The number of benzene rings is 2. The third-order valence-electron chi connectivity index (χ3n) is 3.89. The highest BCUT2D eigenvalue weighted by molar-refractivity contribution is 6.06. The highest BCUT2D eigenvalue weighted by atomic mass is 16.6. The number of carbonyl (C=O) groups is 2. The van der Waals surface area contributed by atoms with Crippen LogP contribution in [0, 0.1) is 10.1 Å². The fourth-order valence-electron chi connectivity index (χ4n) is 2.62. The largest absolute Gasteiger partial charge is 0.494 e. The number of nitro groups is 1. The van der Waals surface area contributed by atoms with Crippen LogP contribution in [0.2, 0.25) is 0 Å². The van der Waals surface area contributed by atoms with E-state index in [2.05, 4.69) is 16.0 Å². The molecule has 2 amide bonds. The molecule has 0 saturated carbocycles. The summed E-state index contributed by atoms with van der Waals surface area (Å²) in [6, 6.07) is 10.3. The summed E-state index contributed by atoms with van der Waals surface area (Å²) >= 11 is 0. The minimum absolute atomic E-state index is 0.111. The van der Waals surface area contributed by atoms with Gasteiger partial charge >= 0.3 is 0 Å². The van der Waals surface area contributed by atoms with E-state index >= 15 is 0 Å². The summed E-state index contributed by atoms with van der Waals surface area (Å²) in [5.41, 5.74) is 1.54. The Labute approximate surface area is 148 Å². The lowest BCUT2D eigenvalue weighted by molar-refractivity contribution is -0.384. The Kier molecular flexibility index (Phi) is 4.70. The Morgan fingerprint density at radius 1 is 1.27 bits per heavy atom. The van der Waals surface area contributed by atoms with Crippen molar-refractivity contribution in [3.05, 3.63) is 52.6 Å². The quantitative estimate of drug-likeness (QED) is 0.558. The molecule has 0 spiro atoms. The van der Waals surface area contributed by atoms with Crippen LogP contribution >= 0.6 is 0 Å². The summed E-state index contributed by atoms with van der Waals surface area (Å²) in [6.07, 6.45) is -0.111. The molecule has 1 atom stereocenters. The predicted molar refractivity (Wildman–Crippen MR) is 95.4 cm³/mol. The number of hydrogen-bond acceptors (Lipinski definition) is 6. The molecule has 2 aromatic rings. The molecular weight excluding hydrogens is 340 g/mol. The molecule has 26 heavy (non-hydrogen) atoms. The van der Waals surface area contributed by atoms with Gasteiger partial charge in [0.2, 0.25) is 11.8 Å². The molecule has 134 valence electrons. The summed E-state index contributed by atoms with van der Waals surface area (Å²) < 4.78 is 5.08. The summed E-state index contributed by atoms with van der Waals surface area (Å²) in [7, 11) is 1.35. The highest BCUT2D eigenvalue weighted by Crippen LogP contribution is 2.30. The Morgan fingerprint density at radius 2 is 2.00 bits per heavy atom. The molecule has 2 aromatic carbocycles. The maximum atomic E-state index is 12.3. The van der Waals surface area contributed by atoms with Crippen molar-refractivity contribution in [3.8, 4) is 5.75 Å². The third kappa shape index (κ3) is 3.56. The second kappa shape index (κ2) is 7.09. The first-order valence-electron chi connectivity index (χ1n) is 7.76. The first-order valence-corrected chi connectivity index (χ1v) is 7.76. The van der Waals surface area contributed by atoms with E-state index in [4.69, 9.17) is 4.74 Å². The number of methoxy groups -OCH3 is 1. The van der Waals surface area contributed by atoms with E-state index in [1.165, 1.54) is 25.3 Å². The molecule has 3 rings (SSSR count). The van der Waals surface area contributed by atoms with Gasteiger partial charge in [0, 0.05) is 6.07 Å². The second-order valence-corrected chi connectivity index (χ2v) is 5.63. The Balaban J connectivity index is 1.70. The highest BCUT2D eigenvalue weighted by Gasteiger charge is 2.27. The number of hydrogen-bond donors (Lipinski definition) is 3. The minimum Gasteiger partial charge on any atom is -0.494 e. The van der Waals surface area contributed by atoms with Crippen LogP contribution < -0.4 is 20.7 Å². The van der Waals surface area contributed by atoms with Crippen LogP contribution in [0.25, 0.3) is 0 Å². The molecule has 9 heteroatoms. The van der Waals surface area contributed by atoms with Crippen LogP contribution in [-0.4, -0.2) is 29.9 Å². The van der Waals surface area contributed by atoms with Crippen LogP contribution in [0.3, 0.4) is 0 Å². The Morgan fingerprint density at radius 3 is 2.69 bits per heavy atom. The van der Waals surface area contributed by atoms with Crippen molar-refractivity contribution in [1.82, 2.24) is 0 Å². The molecule has 1 aliphatic heterocycles. The van der Waals surface area contributed by atoms with Crippen molar-refractivity contribution >= 4 is 34.6 Å². The van der Waals surface area contributed by atoms with Gasteiger partial charge in [-0.3, -0.25) is 19.7 Å². The molecule has 0 unspecified atom stereocenters. The van der Waals surface area contributed by atoms with E-state index in [-0.39, 0.29) is 23.8 Å². The first kappa shape index (κ1) is 17.2. The van der Waals surface area contributed by atoms with Gasteiger partial charge in [0.05, 0.1) is 41.6 Å². The SMILES string of the molecule is COc1cc([N+](=O)[O-])ccc1NC(=O)C[C@@H]1Nc2ccccc2NC1=O. The maximum Gasteiger partial charge on any atom is 0.273 e. The molecule has 0 bridgehead atoms. The lowest BCUT2D eigenvalue weighted by Crippen LogP contribution is -2.41. The Bertz CT molecular complexity index is 883. The molecule has 1 heterocycles. The van der Waals surface area contributed by atoms with E-state index in [0.717, 1.165) is 5.69 Å². The first-order chi connectivity index (χ1) is 12.5. The predicted octanol–water partition coefficient (Wildman–Crippen LogP) is 2.36. The summed E-state index contributed by atoms with van der Waals surface area (Å²) in [5, 5.41) is 19.2. The van der Waals surface area contributed by atoms with E-state index in [1.807, 2.05) is 6.07 Å². The molecule has 0 radical (unpaired) electrons. The van der Waals surface area contributed by atoms with E-state index in [1.54, 1.807) is 18.2 Å². The number of para-hydroxylation sites is 2. The third-order valence-corrected chi connectivity index (χ3v) is 3.89. The van der Waals surface area contributed by atoms with Crippen LogP contribution in [0.15, 0.2) is 42.5 Å². The fraction of sp³-hybridized carbons (Fsp3) is 0.176. The number of amides is 2. The number of fused-ring (bicyclic) bond motifs is 1. The molecule has 0 aliphatic carbocycles. The number of nitrogens with one attached hydrogen (secondary N) is 3. The monoisotopic (exact) mass is 356 g/mol. The van der Waals surface area contributed by atoms with Crippen molar-refractivity contribution in [1.29, 1.82) is 0 Å². The number of carbonyl (C=O) groups excluding carboxylic acids is 2. The van der Waals surface area contributed by atoms with Gasteiger partial charge in [0.25, 0.3) is 5.69 Å². The van der Waals surface area contributed by atoms with Crippen molar-refractivity contribution in [2.24, 2.45) is 0 Å². The molecule has 0 saturated heterocycles. The van der Waals surface area contributed by atoms with Crippen molar-refractivity contribution in [2.75, 3.05) is 23.1 Å². The van der Waals surface area contributed by atoms with Gasteiger partial charge in [-0.1, -0.05) is 12.1 Å². The number of nitro benzene ring substituents is 1. The van der Waals surface area contributed by atoms with Crippen LogP contribution in [0.1, 0.15) is 6.42 Å². The molecule has 0 fully saturated rings. The average Bonchev–Trinajstić information content (AvgIpc) is 2.62. The zero-order chi connectivity index (χ0) is 18.7. The maximum absolute atomic E-state index is 12.3. The standard InChI is InChI=1S/C17H16N4O5/c1-26-15-8-10(21(24)25)6-7-13(15)19-16(22)9-14-17(23)20-12-5-3-2-4-11(12)18-14/h2-8,14,18H,9H2,1H3,(H,19,22)(H,20,23)/t14-/m0/s1. The minimum atomic E-state index is -0.728. The molecular formula is C17H16N4O5. The molecule has 0 aromatic heterocycles. The summed E-state index contributed by atoms with van der Waals surface area (Å²) in [5.74, 6) is -0.572. The number of ether oxygens (including phenoxy) is 1. The van der Waals surface area contributed by atoms with E-state index < -0.39 is 16.9 Å².